The molecule has 0 fully saturated rings. The molecule has 0 aliphatic carbocycles. The van der Waals surface area contributed by atoms with Crippen LogP contribution in [0.5, 0.6) is 5.75 Å². The quantitative estimate of drug-likeness (QED) is 0.447. The van der Waals surface area contributed by atoms with E-state index in [1.54, 1.807) is 12.3 Å². The van der Waals surface area contributed by atoms with Gasteiger partial charge in [-0.05, 0) is 36.3 Å². The highest BCUT2D eigenvalue weighted by molar-refractivity contribution is 5.87. The van der Waals surface area contributed by atoms with Gasteiger partial charge in [0.25, 0.3) is 0 Å². The number of nitrogens with zero attached hydrogens (tertiary/aromatic N) is 2. The lowest BCUT2D eigenvalue weighted by Gasteiger charge is -2.08. The van der Waals surface area contributed by atoms with E-state index in [-0.39, 0.29) is 6.61 Å². The number of aromatic nitrogens is 2. The van der Waals surface area contributed by atoms with Gasteiger partial charge in [0, 0.05) is 25.0 Å². The second-order valence-electron chi connectivity index (χ2n) is 5.90. The van der Waals surface area contributed by atoms with Crippen molar-refractivity contribution < 1.29 is 14.3 Å². The largest absolute Gasteiger partial charge is 0.494 e. The zero-order chi connectivity index (χ0) is 18.9. The fraction of sp³-hybridized carbons (Fsp3) is 0.182. The van der Waals surface area contributed by atoms with Crippen molar-refractivity contribution in [1.29, 1.82) is 0 Å². The summed E-state index contributed by atoms with van der Waals surface area (Å²) in [7, 11) is 0. The molecule has 0 saturated heterocycles. The Balaban J connectivity index is 1.53. The third kappa shape index (κ3) is 5.57. The van der Waals surface area contributed by atoms with Gasteiger partial charge in [-0.15, -0.1) is 0 Å². The third-order valence-corrected chi connectivity index (χ3v) is 3.94. The van der Waals surface area contributed by atoms with Crippen molar-refractivity contribution in [3.8, 4) is 5.75 Å². The normalized spacial score (nSPS) is 10.9. The van der Waals surface area contributed by atoms with Gasteiger partial charge in [0.1, 0.15) is 18.2 Å². The van der Waals surface area contributed by atoms with Crippen molar-refractivity contribution in [2.24, 2.45) is 0 Å². The molecule has 27 heavy (non-hydrogen) atoms. The standard InChI is InChI=1S/C22H22N2O3/c1-2-26-20-11-8-18(9-12-20)10-13-22(25)27-17-21-23-14-15-24(21)16-19-6-4-3-5-7-19/h3-15H,2,16-17H2,1H3/b13-10+. The molecule has 2 aromatic carbocycles. The molecule has 1 aromatic heterocycles. The molecule has 138 valence electrons. The van der Waals surface area contributed by atoms with E-state index in [9.17, 15) is 4.79 Å². The van der Waals surface area contributed by atoms with E-state index < -0.39 is 5.97 Å². The Morgan fingerprint density at radius 3 is 2.63 bits per heavy atom. The SMILES string of the molecule is CCOc1ccc(/C=C/C(=O)OCc2nccn2Cc2ccccc2)cc1. The molecule has 5 nitrogen and oxygen atoms in total. The second-order valence-corrected chi connectivity index (χ2v) is 5.90. The number of rotatable bonds is 8. The highest BCUT2D eigenvalue weighted by atomic mass is 16.5. The highest BCUT2D eigenvalue weighted by Crippen LogP contribution is 2.13. The van der Waals surface area contributed by atoms with Crippen molar-refractivity contribution in [2.45, 2.75) is 20.1 Å². The lowest BCUT2D eigenvalue weighted by atomic mass is 10.2. The fourth-order valence-corrected chi connectivity index (χ4v) is 2.59. The Bertz CT molecular complexity index is 883. The number of carbonyl (C=O) groups is 1. The summed E-state index contributed by atoms with van der Waals surface area (Å²) in [5.74, 6) is 1.11. The van der Waals surface area contributed by atoms with Gasteiger partial charge in [0.05, 0.1) is 6.61 Å². The Hall–Kier alpha value is -3.34. The van der Waals surface area contributed by atoms with Crippen molar-refractivity contribution in [1.82, 2.24) is 9.55 Å². The molecule has 0 saturated carbocycles. The monoisotopic (exact) mass is 362 g/mol. The Morgan fingerprint density at radius 1 is 1.11 bits per heavy atom. The summed E-state index contributed by atoms with van der Waals surface area (Å²) in [6.45, 7) is 3.39. The summed E-state index contributed by atoms with van der Waals surface area (Å²) in [5, 5.41) is 0. The van der Waals surface area contributed by atoms with Crippen LogP contribution < -0.4 is 4.74 Å². The van der Waals surface area contributed by atoms with Crippen molar-refractivity contribution >= 4 is 12.0 Å². The molecule has 0 aliphatic rings. The van der Waals surface area contributed by atoms with E-state index >= 15 is 0 Å². The van der Waals surface area contributed by atoms with Crippen LogP contribution in [0.3, 0.4) is 0 Å². The average Bonchev–Trinajstić information content (AvgIpc) is 3.14. The van der Waals surface area contributed by atoms with Crippen LogP contribution in [0.1, 0.15) is 23.9 Å². The van der Waals surface area contributed by atoms with Crippen molar-refractivity contribution in [2.75, 3.05) is 6.61 Å². The maximum Gasteiger partial charge on any atom is 0.331 e. The maximum atomic E-state index is 12.0. The first-order valence-corrected chi connectivity index (χ1v) is 8.86. The van der Waals surface area contributed by atoms with Crippen LogP contribution in [0.2, 0.25) is 0 Å². The molecule has 3 aromatic rings. The van der Waals surface area contributed by atoms with Gasteiger partial charge in [0.2, 0.25) is 0 Å². The predicted molar refractivity (Wildman–Crippen MR) is 104 cm³/mol. The second kappa shape index (κ2) is 9.38. The van der Waals surface area contributed by atoms with E-state index in [0.717, 1.165) is 11.3 Å². The Morgan fingerprint density at radius 2 is 1.89 bits per heavy atom. The molecular formula is C22H22N2O3. The van der Waals surface area contributed by atoms with Crippen LogP contribution in [0.15, 0.2) is 73.1 Å². The number of carbonyl (C=O) groups excluding carboxylic acids is 1. The number of hydrogen-bond acceptors (Lipinski definition) is 4. The van der Waals surface area contributed by atoms with E-state index in [4.69, 9.17) is 9.47 Å². The smallest absolute Gasteiger partial charge is 0.331 e. The van der Waals surface area contributed by atoms with E-state index in [2.05, 4.69) is 17.1 Å². The molecule has 0 radical (unpaired) electrons. The molecular weight excluding hydrogens is 340 g/mol. The highest BCUT2D eigenvalue weighted by Gasteiger charge is 2.06. The first-order valence-electron chi connectivity index (χ1n) is 8.86. The molecule has 0 aliphatic heterocycles. The maximum absolute atomic E-state index is 12.0. The average molecular weight is 362 g/mol. The summed E-state index contributed by atoms with van der Waals surface area (Å²) in [5.41, 5.74) is 2.07. The first-order chi connectivity index (χ1) is 13.2. The lowest BCUT2D eigenvalue weighted by Crippen LogP contribution is -2.08. The van der Waals surface area contributed by atoms with Gasteiger partial charge in [0.15, 0.2) is 0 Å². The molecule has 0 bridgehead atoms. The van der Waals surface area contributed by atoms with E-state index in [1.165, 1.54) is 11.6 Å². The van der Waals surface area contributed by atoms with Crippen LogP contribution in [-0.2, 0) is 22.7 Å². The van der Waals surface area contributed by atoms with Gasteiger partial charge in [-0.3, -0.25) is 0 Å². The third-order valence-electron chi connectivity index (χ3n) is 3.94. The minimum atomic E-state index is -0.404. The van der Waals surface area contributed by atoms with Crippen molar-refractivity contribution in [3.63, 3.8) is 0 Å². The van der Waals surface area contributed by atoms with Crippen molar-refractivity contribution in [3.05, 3.63) is 90.0 Å². The minimum Gasteiger partial charge on any atom is -0.494 e. The zero-order valence-corrected chi connectivity index (χ0v) is 15.2. The fourth-order valence-electron chi connectivity index (χ4n) is 2.59. The van der Waals surface area contributed by atoms with Crippen LogP contribution in [0.4, 0.5) is 0 Å². The number of benzene rings is 2. The summed E-state index contributed by atoms with van der Waals surface area (Å²) in [4.78, 5) is 16.3. The van der Waals surface area contributed by atoms with Gasteiger partial charge >= 0.3 is 5.97 Å². The van der Waals surface area contributed by atoms with Crippen LogP contribution in [-0.4, -0.2) is 22.1 Å². The lowest BCUT2D eigenvalue weighted by molar-refractivity contribution is -0.139. The molecule has 0 atom stereocenters. The number of ether oxygens (including phenoxy) is 2. The zero-order valence-electron chi connectivity index (χ0n) is 15.2. The first kappa shape index (κ1) is 18.5. The van der Waals surface area contributed by atoms with Gasteiger partial charge < -0.3 is 14.0 Å². The topological polar surface area (TPSA) is 53.4 Å². The predicted octanol–water partition coefficient (Wildman–Crippen LogP) is 4.09. The van der Waals surface area contributed by atoms with Crippen LogP contribution >= 0.6 is 0 Å². The minimum absolute atomic E-state index is 0.131. The summed E-state index contributed by atoms with van der Waals surface area (Å²) >= 11 is 0. The Kier molecular flexibility index (Phi) is 6.41. The van der Waals surface area contributed by atoms with E-state index in [0.29, 0.717) is 19.0 Å². The van der Waals surface area contributed by atoms with Crippen LogP contribution in [0.25, 0.3) is 6.08 Å². The molecule has 0 N–H and O–H groups in total. The molecule has 5 heteroatoms. The molecule has 0 spiro atoms. The summed E-state index contributed by atoms with van der Waals surface area (Å²) < 4.78 is 12.7. The molecule has 1 heterocycles. The number of hydrogen-bond donors (Lipinski definition) is 0. The Labute approximate surface area is 158 Å². The summed E-state index contributed by atoms with van der Waals surface area (Å²) in [6, 6.07) is 17.6. The summed E-state index contributed by atoms with van der Waals surface area (Å²) in [6.07, 6.45) is 6.72. The molecule has 3 rings (SSSR count). The number of esters is 1. The van der Waals surface area contributed by atoms with Gasteiger partial charge in [-0.1, -0.05) is 42.5 Å². The number of imidazole rings is 1. The van der Waals surface area contributed by atoms with E-state index in [1.807, 2.05) is 60.2 Å². The van der Waals surface area contributed by atoms with Gasteiger partial charge in [-0.2, -0.15) is 0 Å². The van der Waals surface area contributed by atoms with Crippen LogP contribution in [0, 0.1) is 0 Å². The molecule has 0 amide bonds. The van der Waals surface area contributed by atoms with Gasteiger partial charge in [-0.25, -0.2) is 9.78 Å². The molecule has 0 unspecified atom stereocenters.